The second-order valence-electron chi connectivity index (χ2n) is 8.83. The van der Waals surface area contributed by atoms with Crippen LogP contribution >= 0.6 is 23.2 Å². The molecule has 3 rings (SSSR count). The molecule has 0 aliphatic heterocycles. The fraction of sp³-hybridized carbons (Fsp3) is 0.308. The largest absolute Gasteiger partial charge is 0.352 e. The molecule has 1 unspecified atom stereocenters. The van der Waals surface area contributed by atoms with Crippen LogP contribution in [0.15, 0.2) is 65.6 Å². The van der Waals surface area contributed by atoms with E-state index < -0.39 is 28.5 Å². The number of halogens is 2. The Morgan fingerprint density at radius 2 is 1.53 bits per heavy atom. The molecule has 1 N–H and O–H groups in total. The lowest BCUT2D eigenvalue weighted by atomic mass is 10.1. The van der Waals surface area contributed by atoms with Crippen molar-refractivity contribution in [2.24, 2.45) is 0 Å². The van der Waals surface area contributed by atoms with Crippen LogP contribution in [0.1, 0.15) is 26.3 Å². The third-order valence-corrected chi connectivity index (χ3v) is 8.28. The minimum atomic E-state index is -3.98. The molecule has 0 aliphatic rings. The highest BCUT2D eigenvalue weighted by molar-refractivity contribution is 7.89. The maximum atomic E-state index is 13.5. The van der Waals surface area contributed by atoms with Crippen LogP contribution in [0.25, 0.3) is 10.8 Å². The number of sulfonamides is 1. The first kappa shape index (κ1) is 27.9. The van der Waals surface area contributed by atoms with Crippen LogP contribution in [0.4, 0.5) is 0 Å². The highest BCUT2D eigenvalue weighted by atomic mass is 35.5. The number of likely N-dealkylation sites (N-methyl/N-ethyl adjacent to an activating group) is 1. The van der Waals surface area contributed by atoms with E-state index >= 15 is 0 Å². The molecule has 192 valence electrons. The number of amides is 2. The molecule has 3 aromatic carbocycles. The maximum Gasteiger partial charge on any atom is 0.243 e. The Balaban J connectivity index is 1.89. The summed E-state index contributed by atoms with van der Waals surface area (Å²) >= 11 is 12.6. The zero-order chi connectivity index (χ0) is 26.6. The van der Waals surface area contributed by atoms with Gasteiger partial charge in [-0.15, -0.1) is 0 Å². The normalized spacial score (nSPS) is 12.7. The fourth-order valence-electron chi connectivity index (χ4n) is 3.72. The Kier molecular flexibility index (Phi) is 9.00. The van der Waals surface area contributed by atoms with Crippen LogP contribution in [-0.2, 0) is 26.2 Å². The molecule has 0 aromatic heterocycles. The first-order valence-electron chi connectivity index (χ1n) is 11.4. The summed E-state index contributed by atoms with van der Waals surface area (Å²) in [6.07, 6.45) is 0. The highest BCUT2D eigenvalue weighted by Crippen LogP contribution is 2.27. The van der Waals surface area contributed by atoms with Crippen molar-refractivity contribution in [2.75, 3.05) is 13.6 Å². The fourth-order valence-corrected chi connectivity index (χ4v) is 5.39. The van der Waals surface area contributed by atoms with Gasteiger partial charge in [-0.1, -0.05) is 59.6 Å². The van der Waals surface area contributed by atoms with Crippen molar-refractivity contribution in [1.82, 2.24) is 14.5 Å². The third-order valence-electron chi connectivity index (χ3n) is 5.78. The Morgan fingerprint density at radius 1 is 0.917 bits per heavy atom. The van der Waals surface area contributed by atoms with Crippen LogP contribution in [0.2, 0.25) is 10.0 Å². The monoisotopic (exact) mass is 549 g/mol. The highest BCUT2D eigenvalue weighted by Gasteiger charge is 2.31. The molecule has 3 aromatic rings. The van der Waals surface area contributed by atoms with Gasteiger partial charge in [0.05, 0.1) is 11.4 Å². The van der Waals surface area contributed by atoms with Gasteiger partial charge < -0.3 is 10.2 Å². The van der Waals surface area contributed by atoms with Gasteiger partial charge in [-0.3, -0.25) is 9.59 Å². The second-order valence-corrected chi connectivity index (χ2v) is 11.7. The first-order valence-corrected chi connectivity index (χ1v) is 13.6. The van der Waals surface area contributed by atoms with Crippen molar-refractivity contribution >= 4 is 55.8 Å². The van der Waals surface area contributed by atoms with E-state index in [-0.39, 0.29) is 23.4 Å². The van der Waals surface area contributed by atoms with Gasteiger partial charge in [-0.2, -0.15) is 4.31 Å². The molecule has 2 amide bonds. The van der Waals surface area contributed by atoms with E-state index in [4.69, 9.17) is 23.2 Å². The van der Waals surface area contributed by atoms with Gasteiger partial charge in [0.2, 0.25) is 21.8 Å². The molecule has 0 fully saturated rings. The predicted octanol–water partition coefficient (Wildman–Crippen LogP) is 4.71. The van der Waals surface area contributed by atoms with E-state index in [1.807, 2.05) is 38.1 Å². The lowest BCUT2D eigenvalue weighted by molar-refractivity contribution is -0.140. The van der Waals surface area contributed by atoms with E-state index in [9.17, 15) is 18.0 Å². The molecule has 1 atom stereocenters. The van der Waals surface area contributed by atoms with E-state index in [1.54, 1.807) is 37.3 Å². The molecule has 36 heavy (non-hydrogen) atoms. The number of rotatable bonds is 9. The Hall–Kier alpha value is -2.65. The minimum absolute atomic E-state index is 0.0616. The Bertz CT molecular complexity index is 1360. The topological polar surface area (TPSA) is 86.8 Å². The summed E-state index contributed by atoms with van der Waals surface area (Å²) in [5.41, 5.74) is 0.471. The lowest BCUT2D eigenvalue weighted by Gasteiger charge is -2.31. The van der Waals surface area contributed by atoms with Crippen LogP contribution in [0, 0.1) is 0 Å². The average molecular weight is 551 g/mol. The number of hydrogen-bond donors (Lipinski definition) is 1. The predicted molar refractivity (Wildman–Crippen MR) is 144 cm³/mol. The zero-order valence-corrected chi connectivity index (χ0v) is 22.9. The van der Waals surface area contributed by atoms with Crippen LogP contribution in [0.3, 0.4) is 0 Å². The van der Waals surface area contributed by atoms with Gasteiger partial charge in [-0.05, 0) is 55.8 Å². The molecule has 0 radical (unpaired) electrons. The van der Waals surface area contributed by atoms with E-state index in [2.05, 4.69) is 5.32 Å². The van der Waals surface area contributed by atoms with Gasteiger partial charge in [0.25, 0.3) is 0 Å². The third kappa shape index (κ3) is 6.37. The number of hydrogen-bond acceptors (Lipinski definition) is 4. The smallest absolute Gasteiger partial charge is 0.243 e. The van der Waals surface area contributed by atoms with Gasteiger partial charge in [0.1, 0.15) is 6.04 Å². The molecule has 0 heterocycles. The van der Waals surface area contributed by atoms with Crippen molar-refractivity contribution < 1.29 is 18.0 Å². The van der Waals surface area contributed by atoms with Crippen LogP contribution in [-0.4, -0.2) is 55.1 Å². The van der Waals surface area contributed by atoms with Crippen LogP contribution < -0.4 is 5.32 Å². The number of benzene rings is 3. The average Bonchev–Trinajstić information content (AvgIpc) is 2.82. The first-order chi connectivity index (χ1) is 16.9. The van der Waals surface area contributed by atoms with E-state index in [0.29, 0.717) is 15.6 Å². The maximum absolute atomic E-state index is 13.5. The van der Waals surface area contributed by atoms with Crippen molar-refractivity contribution in [2.45, 2.75) is 44.3 Å². The number of carbonyl (C=O) groups excluding carboxylic acids is 2. The van der Waals surface area contributed by atoms with Crippen molar-refractivity contribution in [1.29, 1.82) is 0 Å². The Morgan fingerprint density at radius 3 is 2.14 bits per heavy atom. The summed E-state index contributed by atoms with van der Waals surface area (Å²) in [4.78, 5) is 27.6. The van der Waals surface area contributed by atoms with Gasteiger partial charge in [0, 0.05) is 35.2 Å². The molecule has 0 spiro atoms. The standard InChI is InChI=1S/C26H29Cl2N3O4S/c1-17(2)29-26(33)18(3)31(15-22-23(27)10-7-11-24(22)28)25(32)16-30(4)36(34,35)21-13-12-19-8-5-6-9-20(19)14-21/h5-14,17-18H,15-16H2,1-4H3,(H,29,33). The van der Waals surface area contributed by atoms with Gasteiger partial charge in [-0.25, -0.2) is 8.42 Å². The number of fused-ring (bicyclic) bond motifs is 1. The molecular formula is C26H29Cl2N3O4S. The summed E-state index contributed by atoms with van der Waals surface area (Å²) in [7, 11) is -2.64. The van der Waals surface area contributed by atoms with Gasteiger partial charge in [0.15, 0.2) is 0 Å². The number of nitrogens with one attached hydrogen (secondary N) is 1. The molecular weight excluding hydrogens is 521 g/mol. The van der Waals surface area contributed by atoms with Crippen LogP contribution in [0.5, 0.6) is 0 Å². The van der Waals surface area contributed by atoms with E-state index in [0.717, 1.165) is 15.1 Å². The molecule has 0 aliphatic carbocycles. The summed E-state index contributed by atoms with van der Waals surface area (Å²) < 4.78 is 27.5. The molecule has 10 heteroatoms. The summed E-state index contributed by atoms with van der Waals surface area (Å²) in [5, 5.41) is 5.15. The molecule has 7 nitrogen and oxygen atoms in total. The zero-order valence-electron chi connectivity index (χ0n) is 20.5. The molecule has 0 saturated heterocycles. The molecule has 0 saturated carbocycles. The van der Waals surface area contributed by atoms with Crippen molar-refractivity contribution in [3.05, 3.63) is 76.3 Å². The van der Waals surface area contributed by atoms with Crippen molar-refractivity contribution in [3.8, 4) is 0 Å². The summed E-state index contributed by atoms with van der Waals surface area (Å²) in [5.74, 6) is -0.939. The quantitative estimate of drug-likeness (QED) is 0.418. The SMILES string of the molecule is CC(C)NC(=O)C(C)N(Cc1c(Cl)cccc1Cl)C(=O)CN(C)S(=O)(=O)c1ccc2ccccc2c1. The molecule has 0 bridgehead atoms. The number of nitrogens with zero attached hydrogens (tertiary/aromatic N) is 2. The lowest BCUT2D eigenvalue weighted by Crippen LogP contribution is -2.51. The second kappa shape index (κ2) is 11.6. The number of carbonyl (C=O) groups is 2. The van der Waals surface area contributed by atoms with Gasteiger partial charge >= 0.3 is 0 Å². The van der Waals surface area contributed by atoms with E-state index in [1.165, 1.54) is 18.0 Å². The Labute approximate surface area is 222 Å². The summed E-state index contributed by atoms with van der Waals surface area (Å²) in [6, 6.07) is 16.1. The van der Waals surface area contributed by atoms with Crippen molar-refractivity contribution in [3.63, 3.8) is 0 Å². The minimum Gasteiger partial charge on any atom is -0.352 e. The summed E-state index contributed by atoms with van der Waals surface area (Å²) in [6.45, 7) is 4.67.